The van der Waals surface area contributed by atoms with Crippen molar-refractivity contribution in [3.8, 4) is 0 Å². The van der Waals surface area contributed by atoms with Crippen LogP contribution in [0, 0.1) is 0 Å². The highest BCUT2D eigenvalue weighted by molar-refractivity contribution is 5.67. The second kappa shape index (κ2) is 5.24. The Bertz CT molecular complexity index is 277. The largest absolute Gasteiger partial charge is 0.456 e. The molecular weight excluding hydrogens is 220 g/mol. The molecule has 1 aliphatic rings. The van der Waals surface area contributed by atoms with Gasteiger partial charge in [0.25, 0.3) is 0 Å². The van der Waals surface area contributed by atoms with Gasteiger partial charge in [0, 0.05) is 13.8 Å². The highest BCUT2D eigenvalue weighted by Crippen LogP contribution is 2.19. The van der Waals surface area contributed by atoms with E-state index >= 15 is 0 Å². The topological polar surface area (TPSA) is 102 Å². The third-order valence-corrected chi connectivity index (χ3v) is 2.05. The molecule has 0 aromatic carbocycles. The molecule has 1 aliphatic heterocycles. The van der Waals surface area contributed by atoms with Gasteiger partial charge in [0.15, 0.2) is 18.5 Å². The van der Waals surface area contributed by atoms with Gasteiger partial charge in [-0.2, -0.15) is 0 Å². The van der Waals surface area contributed by atoms with Gasteiger partial charge in [-0.3, -0.25) is 9.59 Å². The van der Waals surface area contributed by atoms with Crippen LogP contribution in [0.3, 0.4) is 0 Å². The van der Waals surface area contributed by atoms with E-state index in [4.69, 9.17) is 14.2 Å². The molecule has 0 aromatic rings. The Morgan fingerprint density at radius 3 is 2.25 bits per heavy atom. The van der Waals surface area contributed by atoms with Crippen LogP contribution >= 0.6 is 0 Å². The zero-order valence-electron chi connectivity index (χ0n) is 8.95. The summed E-state index contributed by atoms with van der Waals surface area (Å²) in [5, 5.41) is 18.7. The number of hydrogen-bond donors (Lipinski definition) is 2. The summed E-state index contributed by atoms with van der Waals surface area (Å²) in [6.45, 7) is 2.19. The molecule has 7 nitrogen and oxygen atoms in total. The molecule has 7 heteroatoms. The van der Waals surface area contributed by atoms with Crippen LogP contribution in [0.2, 0.25) is 0 Å². The van der Waals surface area contributed by atoms with Crippen molar-refractivity contribution in [2.45, 2.75) is 38.4 Å². The molecule has 0 radical (unpaired) electrons. The summed E-state index contributed by atoms with van der Waals surface area (Å²) in [6, 6.07) is 0. The Kier molecular flexibility index (Phi) is 4.22. The number of aliphatic hydroxyl groups is 2. The minimum absolute atomic E-state index is 0.143. The van der Waals surface area contributed by atoms with Crippen molar-refractivity contribution in [2.75, 3.05) is 6.61 Å². The van der Waals surface area contributed by atoms with E-state index in [1.54, 1.807) is 0 Å². The summed E-state index contributed by atoms with van der Waals surface area (Å²) < 4.78 is 14.3. The quantitative estimate of drug-likeness (QED) is 0.564. The molecule has 0 spiro atoms. The molecule has 0 aliphatic carbocycles. The van der Waals surface area contributed by atoms with Crippen molar-refractivity contribution in [1.82, 2.24) is 0 Å². The molecule has 0 amide bonds. The molecule has 92 valence electrons. The van der Waals surface area contributed by atoms with Crippen molar-refractivity contribution in [3.63, 3.8) is 0 Å². The lowest BCUT2D eigenvalue weighted by Gasteiger charge is -2.36. The lowest BCUT2D eigenvalue weighted by Crippen LogP contribution is -2.55. The third kappa shape index (κ3) is 3.16. The molecule has 1 fully saturated rings. The van der Waals surface area contributed by atoms with E-state index in [1.165, 1.54) is 6.92 Å². The van der Waals surface area contributed by atoms with E-state index in [9.17, 15) is 19.8 Å². The van der Waals surface area contributed by atoms with Crippen LogP contribution in [-0.4, -0.2) is 53.4 Å². The lowest BCUT2D eigenvalue weighted by atomic mass is 10.1. The Morgan fingerprint density at radius 1 is 1.19 bits per heavy atom. The van der Waals surface area contributed by atoms with E-state index < -0.39 is 36.5 Å². The molecule has 0 saturated carbocycles. The normalized spacial score (nSPS) is 34.2. The number of esters is 2. The summed E-state index contributed by atoms with van der Waals surface area (Å²) in [6.07, 6.45) is -4.94. The maximum absolute atomic E-state index is 10.8. The van der Waals surface area contributed by atoms with Gasteiger partial charge in [0.2, 0.25) is 0 Å². The second-order valence-electron chi connectivity index (χ2n) is 3.44. The molecule has 1 saturated heterocycles. The molecule has 0 bridgehead atoms. The van der Waals surface area contributed by atoms with Crippen molar-refractivity contribution >= 4 is 11.9 Å². The maximum atomic E-state index is 10.8. The average molecular weight is 234 g/mol. The van der Waals surface area contributed by atoms with Gasteiger partial charge in [-0.15, -0.1) is 0 Å². The highest BCUT2D eigenvalue weighted by Gasteiger charge is 2.42. The molecule has 0 unspecified atom stereocenters. The van der Waals surface area contributed by atoms with E-state index in [0.29, 0.717) is 0 Å². The van der Waals surface area contributed by atoms with Crippen LogP contribution in [0.4, 0.5) is 0 Å². The summed E-state index contributed by atoms with van der Waals surface area (Å²) in [5.41, 5.74) is 0. The highest BCUT2D eigenvalue weighted by atomic mass is 16.7. The fraction of sp³-hybridized carbons (Fsp3) is 0.778. The average Bonchev–Trinajstić information content (AvgIpc) is 2.16. The number of rotatable bonds is 2. The standard InChI is InChI=1S/C9H14O7/c1-4(10)15-6-3-14-9(13)7(12)8(6)16-5(2)11/h6-9,12-13H,3H2,1-2H3/t6-,7-,8+,9+/m0/s1. The van der Waals surface area contributed by atoms with Gasteiger partial charge in [0.1, 0.15) is 6.10 Å². The van der Waals surface area contributed by atoms with E-state index in [1.807, 2.05) is 0 Å². The molecular formula is C9H14O7. The van der Waals surface area contributed by atoms with Crippen molar-refractivity contribution < 1.29 is 34.0 Å². The SMILES string of the molecule is CC(=O)O[C@H]1[C@H](O)[C@H](O)OC[C@@H]1OC(C)=O. The van der Waals surface area contributed by atoms with Gasteiger partial charge in [-0.1, -0.05) is 0 Å². The van der Waals surface area contributed by atoms with Crippen LogP contribution < -0.4 is 0 Å². The van der Waals surface area contributed by atoms with Crippen LogP contribution in [-0.2, 0) is 23.8 Å². The van der Waals surface area contributed by atoms with Gasteiger partial charge >= 0.3 is 11.9 Å². The molecule has 16 heavy (non-hydrogen) atoms. The maximum Gasteiger partial charge on any atom is 0.303 e. The predicted molar refractivity (Wildman–Crippen MR) is 49.1 cm³/mol. The molecule has 0 aromatic heterocycles. The van der Waals surface area contributed by atoms with Crippen molar-refractivity contribution in [1.29, 1.82) is 0 Å². The van der Waals surface area contributed by atoms with E-state index in [2.05, 4.69) is 0 Å². The third-order valence-electron chi connectivity index (χ3n) is 2.05. The van der Waals surface area contributed by atoms with Crippen molar-refractivity contribution in [2.24, 2.45) is 0 Å². The first-order valence-corrected chi connectivity index (χ1v) is 4.74. The first-order chi connectivity index (χ1) is 7.41. The number of ether oxygens (including phenoxy) is 3. The van der Waals surface area contributed by atoms with E-state index in [0.717, 1.165) is 6.92 Å². The number of carbonyl (C=O) groups excluding carboxylic acids is 2. The Balaban J connectivity index is 2.72. The van der Waals surface area contributed by atoms with Gasteiger partial charge in [-0.05, 0) is 0 Å². The monoisotopic (exact) mass is 234 g/mol. The minimum atomic E-state index is -1.46. The van der Waals surface area contributed by atoms with Gasteiger partial charge < -0.3 is 24.4 Å². The number of carbonyl (C=O) groups is 2. The Morgan fingerprint density at radius 2 is 1.75 bits per heavy atom. The van der Waals surface area contributed by atoms with Crippen LogP contribution in [0.5, 0.6) is 0 Å². The summed E-state index contributed by atoms with van der Waals surface area (Å²) in [5.74, 6) is -1.23. The second-order valence-corrected chi connectivity index (χ2v) is 3.44. The summed E-state index contributed by atoms with van der Waals surface area (Å²) in [7, 11) is 0. The van der Waals surface area contributed by atoms with Crippen LogP contribution in [0.15, 0.2) is 0 Å². The van der Waals surface area contributed by atoms with Gasteiger partial charge in [0.05, 0.1) is 6.61 Å². The first-order valence-electron chi connectivity index (χ1n) is 4.74. The fourth-order valence-electron chi connectivity index (χ4n) is 1.42. The lowest BCUT2D eigenvalue weighted by molar-refractivity contribution is -0.261. The molecule has 1 heterocycles. The van der Waals surface area contributed by atoms with Crippen molar-refractivity contribution in [3.05, 3.63) is 0 Å². The first kappa shape index (κ1) is 12.9. The molecule has 2 N–H and O–H groups in total. The van der Waals surface area contributed by atoms with Gasteiger partial charge in [-0.25, -0.2) is 0 Å². The van der Waals surface area contributed by atoms with Crippen LogP contribution in [0.25, 0.3) is 0 Å². The number of hydrogen-bond acceptors (Lipinski definition) is 7. The van der Waals surface area contributed by atoms with Crippen LogP contribution in [0.1, 0.15) is 13.8 Å². The zero-order valence-corrected chi connectivity index (χ0v) is 8.95. The van der Waals surface area contributed by atoms with E-state index in [-0.39, 0.29) is 6.61 Å². The summed E-state index contributed by atoms with van der Waals surface area (Å²) >= 11 is 0. The summed E-state index contributed by atoms with van der Waals surface area (Å²) in [4.78, 5) is 21.6. The number of aliphatic hydroxyl groups excluding tert-OH is 2. The predicted octanol–water partition coefficient (Wildman–Crippen LogP) is -1.44. The fourth-order valence-corrected chi connectivity index (χ4v) is 1.42. The zero-order chi connectivity index (χ0) is 12.3. The Hall–Kier alpha value is -1.18. The Labute approximate surface area is 91.9 Å². The smallest absolute Gasteiger partial charge is 0.303 e. The molecule has 4 atom stereocenters. The minimum Gasteiger partial charge on any atom is -0.456 e. The molecule has 1 rings (SSSR count).